The van der Waals surface area contributed by atoms with Gasteiger partial charge in [-0.3, -0.25) is 9.88 Å². The van der Waals surface area contributed by atoms with Gasteiger partial charge in [0.05, 0.1) is 29.1 Å². The van der Waals surface area contributed by atoms with Gasteiger partial charge in [-0.25, -0.2) is 9.67 Å². The van der Waals surface area contributed by atoms with Gasteiger partial charge < -0.3 is 4.42 Å². The smallest absolute Gasteiger partial charge is 0.288 e. The molecule has 1 saturated heterocycles. The third-order valence-electron chi connectivity index (χ3n) is 6.03. The highest BCUT2D eigenvalue weighted by Gasteiger charge is 2.28. The molecule has 1 aliphatic heterocycles. The van der Waals surface area contributed by atoms with Gasteiger partial charge >= 0.3 is 0 Å². The van der Waals surface area contributed by atoms with Gasteiger partial charge in [0.15, 0.2) is 0 Å². The highest BCUT2D eigenvalue weighted by atomic mass is 32.1. The Morgan fingerprint density at radius 2 is 1.97 bits per heavy atom. The number of fused-ring (bicyclic) bond motifs is 1. The third-order valence-corrected chi connectivity index (χ3v) is 7.30. The van der Waals surface area contributed by atoms with Gasteiger partial charge in [-0.15, -0.1) is 16.4 Å². The number of likely N-dealkylation sites (tertiary alicyclic amines) is 1. The van der Waals surface area contributed by atoms with E-state index < -0.39 is 0 Å². The Balaban J connectivity index is 1.39. The third kappa shape index (κ3) is 3.90. The molecule has 164 valence electrons. The van der Waals surface area contributed by atoms with Gasteiger partial charge in [-0.2, -0.15) is 0 Å². The molecule has 0 saturated carbocycles. The first-order chi connectivity index (χ1) is 16.3. The molecule has 1 atom stereocenters. The minimum absolute atomic E-state index is 0.377. The van der Waals surface area contributed by atoms with Crippen molar-refractivity contribution in [3.63, 3.8) is 0 Å². The number of hydrogen-bond acceptors (Lipinski definition) is 7. The summed E-state index contributed by atoms with van der Waals surface area (Å²) in [6.45, 7) is 1.63. The average Bonchev–Trinajstić information content (AvgIpc) is 3.61. The number of para-hydroxylation sites is 1. The van der Waals surface area contributed by atoms with Crippen molar-refractivity contribution < 1.29 is 4.42 Å². The summed E-state index contributed by atoms with van der Waals surface area (Å²) >= 11 is 7.38. The maximum Gasteiger partial charge on any atom is 0.288 e. The first kappa shape index (κ1) is 20.4. The molecule has 1 fully saturated rings. The molecule has 6 rings (SSSR count). The van der Waals surface area contributed by atoms with Crippen molar-refractivity contribution >= 4 is 34.5 Å². The molecule has 5 aromatic rings. The quantitative estimate of drug-likeness (QED) is 0.279. The minimum atomic E-state index is 0.377. The van der Waals surface area contributed by atoms with E-state index in [1.54, 1.807) is 10.9 Å². The van der Waals surface area contributed by atoms with E-state index in [1.807, 2.05) is 59.9 Å². The summed E-state index contributed by atoms with van der Waals surface area (Å²) in [4.78, 5) is 13.5. The van der Waals surface area contributed by atoms with Gasteiger partial charge in [0.2, 0.25) is 5.89 Å². The molecule has 8 heteroatoms. The Hall–Kier alpha value is -3.20. The lowest BCUT2D eigenvalue weighted by Crippen LogP contribution is -2.26. The Kier molecular flexibility index (Phi) is 5.33. The first-order valence-electron chi connectivity index (χ1n) is 10.9. The number of benzene rings is 1. The van der Waals surface area contributed by atoms with Crippen LogP contribution in [-0.2, 0) is 6.67 Å². The summed E-state index contributed by atoms with van der Waals surface area (Å²) in [7, 11) is 0. The standard InChI is InChI=1S/C25H21N5OS2/c32-25-30(16-29-13-5-10-22(29)23-11-6-14-33-23)28-24(31-25)18-15-21(20-9-3-4-12-26-20)27-19-8-2-1-7-17(18)19/h1-4,6-9,11-12,14-15,22H,5,10,13,16H2/t22-/m0/s1. The second kappa shape index (κ2) is 8.62. The van der Waals surface area contributed by atoms with Gasteiger partial charge in [0, 0.05) is 29.0 Å². The van der Waals surface area contributed by atoms with Crippen LogP contribution >= 0.6 is 23.6 Å². The van der Waals surface area contributed by atoms with Crippen molar-refractivity contribution in [1.82, 2.24) is 24.6 Å². The summed E-state index contributed by atoms with van der Waals surface area (Å²) in [5.41, 5.74) is 3.31. The van der Waals surface area contributed by atoms with Crippen LogP contribution in [-0.4, -0.2) is 31.2 Å². The fourth-order valence-electron chi connectivity index (χ4n) is 4.47. The molecule has 0 spiro atoms. The van der Waals surface area contributed by atoms with Crippen LogP contribution in [0.2, 0.25) is 0 Å². The second-order valence-electron chi connectivity index (χ2n) is 8.09. The van der Waals surface area contributed by atoms with E-state index in [9.17, 15) is 0 Å². The molecular formula is C25H21N5OS2. The van der Waals surface area contributed by atoms with Crippen LogP contribution in [0.1, 0.15) is 23.8 Å². The van der Waals surface area contributed by atoms with Crippen LogP contribution in [0.4, 0.5) is 0 Å². The number of rotatable bonds is 5. The van der Waals surface area contributed by atoms with Crippen LogP contribution in [0, 0.1) is 4.84 Å². The highest BCUT2D eigenvalue weighted by Crippen LogP contribution is 2.35. The number of nitrogens with zero attached hydrogens (tertiary/aromatic N) is 5. The molecule has 4 aromatic heterocycles. The van der Waals surface area contributed by atoms with E-state index in [0.29, 0.717) is 23.4 Å². The zero-order valence-electron chi connectivity index (χ0n) is 17.8. The summed E-state index contributed by atoms with van der Waals surface area (Å²) in [6.07, 6.45) is 4.09. The van der Waals surface area contributed by atoms with E-state index in [0.717, 1.165) is 40.8 Å². The lowest BCUT2D eigenvalue weighted by Gasteiger charge is -2.22. The molecule has 0 unspecified atom stereocenters. The fraction of sp³-hybridized carbons (Fsp3) is 0.200. The van der Waals surface area contributed by atoms with E-state index in [-0.39, 0.29) is 0 Å². The maximum atomic E-state index is 6.03. The Morgan fingerprint density at radius 1 is 1.06 bits per heavy atom. The normalized spacial score (nSPS) is 16.5. The van der Waals surface area contributed by atoms with Crippen molar-refractivity contribution in [3.8, 4) is 22.8 Å². The molecule has 1 aliphatic rings. The fourth-order valence-corrected chi connectivity index (χ4v) is 5.55. The molecule has 0 aliphatic carbocycles. The molecule has 6 nitrogen and oxygen atoms in total. The van der Waals surface area contributed by atoms with Crippen LogP contribution in [0.5, 0.6) is 0 Å². The highest BCUT2D eigenvalue weighted by molar-refractivity contribution is 7.71. The Morgan fingerprint density at radius 3 is 2.82 bits per heavy atom. The van der Waals surface area contributed by atoms with Crippen LogP contribution in [0.3, 0.4) is 0 Å². The molecule has 0 bridgehead atoms. The molecule has 5 heterocycles. The zero-order chi connectivity index (χ0) is 22.2. The monoisotopic (exact) mass is 471 g/mol. The van der Waals surface area contributed by atoms with Crippen molar-refractivity contribution in [2.45, 2.75) is 25.6 Å². The predicted molar refractivity (Wildman–Crippen MR) is 132 cm³/mol. The average molecular weight is 472 g/mol. The minimum Gasteiger partial charge on any atom is -0.409 e. The van der Waals surface area contributed by atoms with Crippen LogP contribution in [0.15, 0.2) is 76.7 Å². The lowest BCUT2D eigenvalue weighted by atomic mass is 10.1. The maximum absolute atomic E-state index is 6.03. The topological polar surface area (TPSA) is 60.0 Å². The second-order valence-corrected chi connectivity index (χ2v) is 9.42. The van der Waals surface area contributed by atoms with Crippen LogP contribution in [0.25, 0.3) is 33.7 Å². The van der Waals surface area contributed by atoms with Crippen LogP contribution < -0.4 is 0 Å². The molecular weight excluding hydrogens is 450 g/mol. The zero-order valence-corrected chi connectivity index (χ0v) is 19.4. The number of hydrogen-bond donors (Lipinski definition) is 0. The van der Waals surface area contributed by atoms with Crippen molar-refractivity contribution in [1.29, 1.82) is 0 Å². The van der Waals surface area contributed by atoms with Crippen molar-refractivity contribution in [2.24, 2.45) is 0 Å². The Bertz CT molecular complexity index is 1460. The van der Waals surface area contributed by atoms with E-state index in [2.05, 4.69) is 27.4 Å². The number of aromatic nitrogens is 4. The van der Waals surface area contributed by atoms with Crippen molar-refractivity contribution in [3.05, 3.63) is 82.0 Å². The molecule has 1 aromatic carbocycles. The molecule has 0 N–H and O–H groups in total. The summed E-state index contributed by atoms with van der Waals surface area (Å²) < 4.78 is 7.83. The van der Waals surface area contributed by atoms with E-state index in [4.69, 9.17) is 26.7 Å². The number of thiophene rings is 1. The summed E-state index contributed by atoms with van der Waals surface area (Å²) in [5, 5.41) is 7.91. The lowest BCUT2D eigenvalue weighted by molar-refractivity contribution is 0.190. The number of pyridine rings is 2. The van der Waals surface area contributed by atoms with Gasteiger partial charge in [0.1, 0.15) is 0 Å². The van der Waals surface area contributed by atoms with Crippen molar-refractivity contribution in [2.75, 3.05) is 6.54 Å². The molecule has 0 radical (unpaired) electrons. The largest absolute Gasteiger partial charge is 0.409 e. The first-order valence-corrected chi connectivity index (χ1v) is 12.2. The van der Waals surface area contributed by atoms with Gasteiger partial charge in [-0.1, -0.05) is 30.3 Å². The van der Waals surface area contributed by atoms with Gasteiger partial charge in [0.25, 0.3) is 4.84 Å². The van der Waals surface area contributed by atoms with E-state index >= 15 is 0 Å². The Labute approximate surface area is 200 Å². The van der Waals surface area contributed by atoms with E-state index in [1.165, 1.54) is 11.3 Å². The van der Waals surface area contributed by atoms with Gasteiger partial charge in [-0.05, 0) is 60.8 Å². The summed E-state index contributed by atoms with van der Waals surface area (Å²) in [6, 6.07) is 20.5. The predicted octanol–water partition coefficient (Wildman–Crippen LogP) is 6.34. The summed E-state index contributed by atoms with van der Waals surface area (Å²) in [5.74, 6) is 0.502. The molecule has 33 heavy (non-hydrogen) atoms. The SMILES string of the molecule is S=c1oc(-c2cc(-c3ccccn3)nc3ccccc23)nn1CN1CCC[C@H]1c1cccs1. The molecule has 0 amide bonds.